The molecule has 116 valence electrons. The highest BCUT2D eigenvalue weighted by Crippen LogP contribution is 2.39. The number of ether oxygens (including phenoxy) is 1. The number of nitro benzene ring substituents is 2. The predicted octanol–water partition coefficient (Wildman–Crippen LogP) is 3.13. The summed E-state index contributed by atoms with van der Waals surface area (Å²) >= 11 is 0. The third-order valence-corrected chi connectivity index (χ3v) is 2.99. The van der Waals surface area contributed by atoms with Crippen molar-refractivity contribution >= 4 is 22.7 Å². The summed E-state index contributed by atoms with van der Waals surface area (Å²) in [7, 11) is 1.40. The lowest BCUT2D eigenvalue weighted by molar-refractivity contribution is -0.392. The summed E-state index contributed by atoms with van der Waals surface area (Å²) in [4.78, 5) is 20.9. The van der Waals surface area contributed by atoms with E-state index in [2.05, 4.69) is 5.32 Å². The van der Waals surface area contributed by atoms with Crippen LogP contribution in [0.1, 0.15) is 5.56 Å². The molecule has 23 heavy (non-hydrogen) atoms. The third kappa shape index (κ3) is 3.16. The molecule has 9 nitrogen and oxygen atoms in total. The van der Waals surface area contributed by atoms with Gasteiger partial charge in [0.15, 0.2) is 5.69 Å². The van der Waals surface area contributed by atoms with Gasteiger partial charge in [0.1, 0.15) is 5.75 Å². The predicted molar refractivity (Wildman–Crippen MR) is 80.7 cm³/mol. The normalized spacial score (nSPS) is 9.74. The van der Waals surface area contributed by atoms with Crippen molar-refractivity contribution in [3.05, 3.63) is 62.2 Å². The van der Waals surface area contributed by atoms with Gasteiger partial charge in [0.2, 0.25) is 0 Å². The van der Waals surface area contributed by atoms with Crippen LogP contribution in [0.3, 0.4) is 0 Å². The molecule has 0 heterocycles. The number of methoxy groups -OCH3 is 1. The van der Waals surface area contributed by atoms with E-state index in [1.807, 2.05) is 0 Å². The Hall–Kier alpha value is -3.67. The van der Waals surface area contributed by atoms with Crippen molar-refractivity contribution in [1.82, 2.24) is 0 Å². The molecular formula is C14H10N4O5. The smallest absolute Gasteiger partial charge is 0.301 e. The van der Waals surface area contributed by atoms with E-state index < -0.39 is 21.2 Å². The summed E-state index contributed by atoms with van der Waals surface area (Å²) in [5, 5.41) is 34.0. The van der Waals surface area contributed by atoms with Crippen LogP contribution in [0.2, 0.25) is 0 Å². The highest BCUT2D eigenvalue weighted by Gasteiger charge is 2.27. The van der Waals surface area contributed by atoms with Crippen molar-refractivity contribution in [2.24, 2.45) is 0 Å². The standard InChI is InChI=1S/C14H10N4O5/c1-23-13-5-3-2-4-10(13)16-14-11(17(19)20)6-9(8-15)7-12(14)18(21)22/h2-7,16H,1H3. The number of anilines is 2. The highest BCUT2D eigenvalue weighted by molar-refractivity contribution is 5.82. The Labute approximate surface area is 130 Å². The van der Waals surface area contributed by atoms with Gasteiger partial charge in [-0.1, -0.05) is 12.1 Å². The van der Waals surface area contributed by atoms with Gasteiger partial charge in [0.05, 0.1) is 34.3 Å². The van der Waals surface area contributed by atoms with Gasteiger partial charge >= 0.3 is 11.4 Å². The van der Waals surface area contributed by atoms with Crippen LogP contribution in [0.15, 0.2) is 36.4 Å². The van der Waals surface area contributed by atoms with Gasteiger partial charge in [0.25, 0.3) is 0 Å². The van der Waals surface area contributed by atoms with Crippen LogP contribution in [0.5, 0.6) is 5.75 Å². The van der Waals surface area contributed by atoms with E-state index in [4.69, 9.17) is 10.00 Å². The number of nitrogens with one attached hydrogen (secondary N) is 1. The molecule has 0 spiro atoms. The first-order chi connectivity index (χ1) is 11.0. The molecule has 1 N–H and O–H groups in total. The molecule has 0 amide bonds. The lowest BCUT2D eigenvalue weighted by Crippen LogP contribution is -2.03. The van der Waals surface area contributed by atoms with Crippen LogP contribution in [-0.2, 0) is 0 Å². The molecule has 0 radical (unpaired) electrons. The van der Waals surface area contributed by atoms with Crippen molar-refractivity contribution in [2.75, 3.05) is 12.4 Å². The van der Waals surface area contributed by atoms with Crippen LogP contribution in [0.4, 0.5) is 22.7 Å². The van der Waals surface area contributed by atoms with E-state index in [1.54, 1.807) is 30.3 Å². The van der Waals surface area contributed by atoms with Gasteiger partial charge in [-0.05, 0) is 12.1 Å². The molecule has 0 unspecified atom stereocenters. The number of hydrogen-bond donors (Lipinski definition) is 1. The van der Waals surface area contributed by atoms with Crippen LogP contribution in [0.25, 0.3) is 0 Å². The van der Waals surface area contributed by atoms with Crippen molar-refractivity contribution < 1.29 is 14.6 Å². The molecule has 0 aliphatic rings. The molecule has 0 aliphatic heterocycles. The van der Waals surface area contributed by atoms with E-state index in [1.165, 1.54) is 7.11 Å². The van der Waals surface area contributed by atoms with Crippen molar-refractivity contribution in [3.8, 4) is 11.8 Å². The zero-order valence-electron chi connectivity index (χ0n) is 11.8. The van der Waals surface area contributed by atoms with Crippen molar-refractivity contribution in [3.63, 3.8) is 0 Å². The monoisotopic (exact) mass is 314 g/mol. The molecular weight excluding hydrogens is 304 g/mol. The number of nitriles is 1. The Bertz CT molecular complexity index is 793. The molecule has 0 aliphatic carbocycles. The highest BCUT2D eigenvalue weighted by atomic mass is 16.6. The molecule has 0 fully saturated rings. The van der Waals surface area contributed by atoms with Crippen LogP contribution < -0.4 is 10.1 Å². The summed E-state index contributed by atoms with van der Waals surface area (Å²) in [5.41, 5.74) is -1.30. The number of benzene rings is 2. The van der Waals surface area contributed by atoms with E-state index >= 15 is 0 Å². The Kier molecular flexibility index (Phi) is 4.37. The fourth-order valence-electron chi connectivity index (χ4n) is 1.97. The molecule has 0 atom stereocenters. The number of para-hydroxylation sites is 2. The van der Waals surface area contributed by atoms with Crippen LogP contribution in [0, 0.1) is 31.6 Å². The van der Waals surface area contributed by atoms with Crippen LogP contribution in [-0.4, -0.2) is 17.0 Å². The topological polar surface area (TPSA) is 131 Å². The maximum atomic E-state index is 11.2. The first-order valence-corrected chi connectivity index (χ1v) is 6.25. The number of hydrogen-bond acceptors (Lipinski definition) is 7. The van der Waals surface area contributed by atoms with Gasteiger partial charge in [-0.15, -0.1) is 0 Å². The van der Waals surface area contributed by atoms with Gasteiger partial charge < -0.3 is 10.1 Å². The second-order valence-corrected chi connectivity index (χ2v) is 4.34. The number of nitro groups is 2. The SMILES string of the molecule is COc1ccccc1Nc1c([N+](=O)[O-])cc(C#N)cc1[N+](=O)[O-]. The van der Waals surface area contributed by atoms with Gasteiger partial charge in [-0.25, -0.2) is 0 Å². The molecule has 9 heteroatoms. The summed E-state index contributed by atoms with van der Waals surface area (Å²) < 4.78 is 5.11. The minimum Gasteiger partial charge on any atom is -0.495 e. The van der Waals surface area contributed by atoms with Crippen molar-refractivity contribution in [2.45, 2.75) is 0 Å². The minimum absolute atomic E-state index is 0.172. The maximum Gasteiger partial charge on any atom is 0.301 e. The van der Waals surface area contributed by atoms with Gasteiger partial charge in [-0.3, -0.25) is 20.2 Å². The van der Waals surface area contributed by atoms with Crippen molar-refractivity contribution in [1.29, 1.82) is 5.26 Å². The fourth-order valence-corrected chi connectivity index (χ4v) is 1.97. The minimum atomic E-state index is -0.786. The third-order valence-electron chi connectivity index (χ3n) is 2.99. The molecule has 0 aromatic heterocycles. The molecule has 0 bridgehead atoms. The Morgan fingerprint density at radius 3 is 2.17 bits per heavy atom. The van der Waals surface area contributed by atoms with E-state index in [-0.39, 0.29) is 11.3 Å². The Balaban J connectivity index is 2.67. The number of rotatable bonds is 5. The first kappa shape index (κ1) is 15.7. The zero-order chi connectivity index (χ0) is 17.0. The van der Waals surface area contributed by atoms with Gasteiger partial charge in [0, 0.05) is 12.1 Å². The first-order valence-electron chi connectivity index (χ1n) is 6.25. The summed E-state index contributed by atoms with van der Waals surface area (Å²) in [5.74, 6) is 0.362. The number of nitrogens with zero attached hydrogens (tertiary/aromatic N) is 3. The summed E-state index contributed by atoms with van der Waals surface area (Å²) in [6.07, 6.45) is 0. The average molecular weight is 314 g/mol. The molecule has 2 rings (SSSR count). The van der Waals surface area contributed by atoms with E-state index in [0.29, 0.717) is 11.4 Å². The fraction of sp³-hybridized carbons (Fsp3) is 0.0714. The Morgan fingerprint density at radius 2 is 1.70 bits per heavy atom. The molecule has 2 aromatic carbocycles. The second kappa shape index (κ2) is 6.40. The van der Waals surface area contributed by atoms with Gasteiger partial charge in [-0.2, -0.15) is 5.26 Å². The quantitative estimate of drug-likeness (QED) is 0.662. The van der Waals surface area contributed by atoms with E-state index in [0.717, 1.165) is 12.1 Å². The average Bonchev–Trinajstić information content (AvgIpc) is 2.54. The summed E-state index contributed by atoms with van der Waals surface area (Å²) in [6, 6.07) is 10.1. The lowest BCUT2D eigenvalue weighted by Gasteiger charge is -2.11. The van der Waals surface area contributed by atoms with E-state index in [9.17, 15) is 20.2 Å². The van der Waals surface area contributed by atoms with Crippen LogP contribution >= 0.6 is 0 Å². The molecule has 2 aromatic rings. The zero-order valence-corrected chi connectivity index (χ0v) is 11.8. The largest absolute Gasteiger partial charge is 0.495 e. The summed E-state index contributed by atoms with van der Waals surface area (Å²) in [6.45, 7) is 0. The second-order valence-electron chi connectivity index (χ2n) is 4.34. The maximum absolute atomic E-state index is 11.2. The lowest BCUT2D eigenvalue weighted by atomic mass is 10.1. The molecule has 0 saturated carbocycles. The molecule has 0 saturated heterocycles. The Morgan fingerprint density at radius 1 is 1.13 bits per heavy atom.